The second kappa shape index (κ2) is 11.5. The quantitative estimate of drug-likeness (QED) is 0.493. The van der Waals surface area contributed by atoms with Crippen LogP contribution in [0.1, 0.15) is 22.3 Å². The summed E-state index contributed by atoms with van der Waals surface area (Å²) in [6.45, 7) is 0. The smallest absolute Gasteiger partial charge is 0.222 e. The first kappa shape index (κ1) is 21.1. The summed E-state index contributed by atoms with van der Waals surface area (Å²) in [4.78, 5) is 36.1. The standard InChI is InChI=1S/C22H16N2O2.CHNO/c25-15-23-21-8-4-17(5-9-21)12-19-2-1-3-20(14-19)13-18-6-10-22(11-7-18)24-16-26;2-1-3/h1-11,14H,12-13H2;2H. The third kappa shape index (κ3) is 7.14. The maximum absolute atomic E-state index is 10.3. The van der Waals surface area contributed by atoms with E-state index >= 15 is 0 Å². The lowest BCUT2D eigenvalue weighted by molar-refractivity contribution is 0.562. The molecule has 142 valence electrons. The van der Waals surface area contributed by atoms with Crippen LogP contribution in [-0.2, 0) is 27.2 Å². The van der Waals surface area contributed by atoms with Crippen molar-refractivity contribution in [1.82, 2.24) is 0 Å². The van der Waals surface area contributed by atoms with Crippen molar-refractivity contribution in [2.24, 2.45) is 9.98 Å². The molecule has 0 bridgehead atoms. The molecule has 0 radical (unpaired) electrons. The molecule has 0 unspecified atom stereocenters. The van der Waals surface area contributed by atoms with Gasteiger partial charge < -0.3 is 0 Å². The molecule has 0 spiro atoms. The van der Waals surface area contributed by atoms with Gasteiger partial charge in [-0.2, -0.15) is 9.98 Å². The van der Waals surface area contributed by atoms with Gasteiger partial charge in [0.05, 0.1) is 11.4 Å². The molecular weight excluding hydrogens is 366 g/mol. The summed E-state index contributed by atoms with van der Waals surface area (Å²) in [5, 5.41) is 5.40. The molecule has 0 aliphatic rings. The summed E-state index contributed by atoms with van der Waals surface area (Å²) in [5.74, 6) is 0. The van der Waals surface area contributed by atoms with Gasteiger partial charge in [-0.15, -0.1) is 0 Å². The van der Waals surface area contributed by atoms with Crippen molar-refractivity contribution in [3.8, 4) is 0 Å². The fourth-order valence-corrected chi connectivity index (χ4v) is 2.80. The second-order valence-electron chi connectivity index (χ2n) is 6.01. The van der Waals surface area contributed by atoms with E-state index in [2.05, 4.69) is 34.3 Å². The minimum Gasteiger partial charge on any atom is -0.222 e. The number of rotatable bonds is 6. The lowest BCUT2D eigenvalue weighted by Gasteiger charge is -2.07. The van der Waals surface area contributed by atoms with E-state index in [-0.39, 0.29) is 0 Å². The summed E-state index contributed by atoms with van der Waals surface area (Å²) < 4.78 is 0. The molecule has 0 atom stereocenters. The molecule has 29 heavy (non-hydrogen) atoms. The normalized spacial score (nSPS) is 9.10. The molecule has 0 saturated heterocycles. The lowest BCUT2D eigenvalue weighted by Crippen LogP contribution is -1.92. The van der Waals surface area contributed by atoms with E-state index in [9.17, 15) is 9.59 Å². The Balaban J connectivity index is 0.000000941. The zero-order valence-electron chi connectivity index (χ0n) is 15.5. The van der Waals surface area contributed by atoms with E-state index in [1.54, 1.807) is 12.2 Å². The van der Waals surface area contributed by atoms with Crippen LogP contribution in [0.3, 0.4) is 0 Å². The Bertz CT molecular complexity index is 992. The molecule has 0 amide bonds. The third-order valence-electron chi connectivity index (χ3n) is 4.03. The Morgan fingerprint density at radius 2 is 1.00 bits per heavy atom. The topological polar surface area (TPSA) is 99.8 Å². The van der Waals surface area contributed by atoms with Crippen molar-refractivity contribution < 1.29 is 14.4 Å². The van der Waals surface area contributed by atoms with E-state index in [4.69, 9.17) is 10.2 Å². The van der Waals surface area contributed by atoms with Crippen molar-refractivity contribution in [2.45, 2.75) is 12.8 Å². The first-order chi connectivity index (χ1) is 14.2. The van der Waals surface area contributed by atoms with E-state index in [0.29, 0.717) is 11.4 Å². The Labute approximate surface area is 167 Å². The molecule has 3 aromatic carbocycles. The van der Waals surface area contributed by atoms with Crippen LogP contribution >= 0.6 is 0 Å². The predicted octanol–water partition coefficient (Wildman–Crippen LogP) is 4.70. The number of aliphatic imine (C=N–C) groups is 2. The minimum absolute atomic E-state index is 0.611. The maximum atomic E-state index is 10.3. The highest BCUT2D eigenvalue weighted by atomic mass is 16.1. The van der Waals surface area contributed by atoms with Crippen LogP contribution in [-0.4, -0.2) is 18.2 Å². The van der Waals surface area contributed by atoms with Gasteiger partial charge in [-0.3, -0.25) is 0 Å². The molecule has 6 nitrogen and oxygen atoms in total. The Hall–Kier alpha value is -4.20. The SMILES string of the molecule is N=C=O.O=C=Nc1ccc(Cc2cccc(Cc3ccc(N=C=O)cc3)c2)cc1. The van der Waals surface area contributed by atoms with Crippen LogP contribution in [0, 0.1) is 5.41 Å². The van der Waals surface area contributed by atoms with Gasteiger partial charge in [0.1, 0.15) is 0 Å². The van der Waals surface area contributed by atoms with Crippen LogP contribution in [0.15, 0.2) is 82.8 Å². The van der Waals surface area contributed by atoms with Crippen LogP contribution in [0.4, 0.5) is 11.4 Å². The van der Waals surface area contributed by atoms with Crippen molar-refractivity contribution in [2.75, 3.05) is 0 Å². The van der Waals surface area contributed by atoms with Gasteiger partial charge >= 0.3 is 0 Å². The highest BCUT2D eigenvalue weighted by Gasteiger charge is 2.01. The summed E-state index contributed by atoms with van der Waals surface area (Å²) >= 11 is 0. The highest BCUT2D eigenvalue weighted by molar-refractivity contribution is 5.50. The fourth-order valence-electron chi connectivity index (χ4n) is 2.80. The van der Waals surface area contributed by atoms with E-state index in [1.807, 2.05) is 48.5 Å². The number of nitrogens with one attached hydrogen (secondary N) is 1. The van der Waals surface area contributed by atoms with Crippen LogP contribution in [0.5, 0.6) is 0 Å². The Kier molecular flexibility index (Phi) is 8.37. The summed E-state index contributed by atoms with van der Waals surface area (Å²) in [6.07, 6.45) is 5.46. The molecule has 1 N–H and O–H groups in total. The van der Waals surface area contributed by atoms with Gasteiger partial charge in [-0.05, 0) is 59.4 Å². The Morgan fingerprint density at radius 3 is 1.34 bits per heavy atom. The maximum Gasteiger partial charge on any atom is 0.240 e. The second-order valence-corrected chi connectivity index (χ2v) is 6.01. The summed E-state index contributed by atoms with van der Waals surface area (Å²) in [6, 6.07) is 23.6. The zero-order chi connectivity index (χ0) is 20.9. The van der Waals surface area contributed by atoms with E-state index in [1.165, 1.54) is 11.1 Å². The van der Waals surface area contributed by atoms with E-state index in [0.717, 1.165) is 30.0 Å². The molecule has 3 rings (SSSR count). The monoisotopic (exact) mass is 383 g/mol. The number of hydrogen-bond donors (Lipinski definition) is 1. The van der Waals surface area contributed by atoms with Crippen molar-refractivity contribution in [3.05, 3.63) is 95.1 Å². The lowest BCUT2D eigenvalue weighted by atomic mass is 9.99. The number of hydrogen-bond acceptors (Lipinski definition) is 6. The number of nitrogens with zero attached hydrogens (tertiary/aromatic N) is 2. The molecular formula is C23H17N3O3. The summed E-state index contributed by atoms with van der Waals surface area (Å²) in [5.41, 5.74) is 5.97. The average molecular weight is 383 g/mol. The molecule has 6 heteroatoms. The molecule has 0 aliphatic carbocycles. The summed E-state index contributed by atoms with van der Waals surface area (Å²) in [7, 11) is 0. The first-order valence-corrected chi connectivity index (χ1v) is 8.64. The molecule has 0 fully saturated rings. The third-order valence-corrected chi connectivity index (χ3v) is 4.03. The van der Waals surface area contributed by atoms with Gasteiger partial charge in [0, 0.05) is 0 Å². The van der Waals surface area contributed by atoms with E-state index < -0.39 is 0 Å². The number of isocyanates is 3. The van der Waals surface area contributed by atoms with Gasteiger partial charge in [0.15, 0.2) is 0 Å². The molecule has 3 aromatic rings. The minimum atomic E-state index is 0.611. The van der Waals surface area contributed by atoms with Gasteiger partial charge in [-0.1, -0.05) is 48.5 Å². The van der Waals surface area contributed by atoms with Gasteiger partial charge in [0.2, 0.25) is 18.2 Å². The van der Waals surface area contributed by atoms with Gasteiger partial charge in [-0.25, -0.2) is 19.8 Å². The molecule has 0 aromatic heterocycles. The predicted molar refractivity (Wildman–Crippen MR) is 109 cm³/mol. The first-order valence-electron chi connectivity index (χ1n) is 8.64. The largest absolute Gasteiger partial charge is 0.240 e. The molecule has 0 aliphatic heterocycles. The Morgan fingerprint density at radius 1 is 0.621 bits per heavy atom. The zero-order valence-corrected chi connectivity index (χ0v) is 15.5. The van der Waals surface area contributed by atoms with Gasteiger partial charge in [0.25, 0.3) is 0 Å². The van der Waals surface area contributed by atoms with Crippen LogP contribution in [0.25, 0.3) is 0 Å². The van der Waals surface area contributed by atoms with Crippen molar-refractivity contribution in [1.29, 1.82) is 5.41 Å². The highest BCUT2D eigenvalue weighted by Crippen LogP contribution is 2.19. The fraction of sp³-hybridized carbons (Fsp3) is 0.0870. The number of benzene rings is 3. The van der Waals surface area contributed by atoms with Crippen molar-refractivity contribution in [3.63, 3.8) is 0 Å². The van der Waals surface area contributed by atoms with Crippen LogP contribution in [0.2, 0.25) is 0 Å². The average Bonchev–Trinajstić information content (AvgIpc) is 2.72. The van der Waals surface area contributed by atoms with Crippen LogP contribution < -0.4 is 0 Å². The number of carbonyl (C=O) groups excluding carboxylic acids is 3. The molecule has 0 heterocycles. The molecule has 0 saturated carbocycles. The van der Waals surface area contributed by atoms with Crippen molar-refractivity contribution >= 4 is 29.6 Å².